The van der Waals surface area contributed by atoms with Crippen molar-refractivity contribution in [1.29, 1.82) is 0 Å². The van der Waals surface area contributed by atoms with Crippen LogP contribution in [-0.2, 0) is 11.3 Å². The predicted molar refractivity (Wildman–Crippen MR) is 89.0 cm³/mol. The highest BCUT2D eigenvalue weighted by atomic mass is 79.9. The van der Waals surface area contributed by atoms with Crippen molar-refractivity contribution in [3.8, 4) is 0 Å². The maximum absolute atomic E-state index is 12.0. The monoisotopic (exact) mass is 369 g/mol. The van der Waals surface area contributed by atoms with Gasteiger partial charge in [0.05, 0.1) is 3.79 Å². The maximum atomic E-state index is 12.0. The molecule has 1 heterocycles. The van der Waals surface area contributed by atoms with Crippen LogP contribution in [0.25, 0.3) is 6.08 Å². The molecule has 0 saturated carbocycles. The summed E-state index contributed by atoms with van der Waals surface area (Å²) in [7, 11) is 1.78. The Labute approximate surface area is 135 Å². The molecule has 1 aromatic heterocycles. The lowest BCUT2D eigenvalue weighted by Crippen LogP contribution is -2.23. The van der Waals surface area contributed by atoms with Crippen LogP contribution >= 0.6 is 38.9 Å². The Morgan fingerprint density at radius 3 is 2.60 bits per heavy atom. The molecule has 0 saturated heterocycles. The van der Waals surface area contributed by atoms with Crippen LogP contribution in [0.3, 0.4) is 0 Å². The van der Waals surface area contributed by atoms with E-state index in [0.29, 0.717) is 11.6 Å². The van der Waals surface area contributed by atoms with E-state index in [0.717, 1.165) is 14.2 Å². The van der Waals surface area contributed by atoms with E-state index < -0.39 is 0 Å². The van der Waals surface area contributed by atoms with Crippen LogP contribution in [0.2, 0.25) is 5.02 Å². The fourth-order valence-corrected chi connectivity index (χ4v) is 3.09. The molecule has 1 amide bonds. The first-order valence-electron chi connectivity index (χ1n) is 5.97. The Hall–Kier alpha value is -1.10. The van der Waals surface area contributed by atoms with Crippen molar-refractivity contribution in [2.75, 3.05) is 7.05 Å². The molecule has 20 heavy (non-hydrogen) atoms. The van der Waals surface area contributed by atoms with Gasteiger partial charge < -0.3 is 4.90 Å². The maximum Gasteiger partial charge on any atom is 0.246 e. The molecular formula is C15H13BrClNOS. The molecule has 0 radical (unpaired) electrons. The summed E-state index contributed by atoms with van der Waals surface area (Å²) in [5.74, 6) is -0.0236. The number of hydrogen-bond acceptors (Lipinski definition) is 2. The van der Waals surface area contributed by atoms with Gasteiger partial charge in [0.1, 0.15) is 0 Å². The molecule has 2 nitrogen and oxygen atoms in total. The van der Waals surface area contributed by atoms with E-state index in [1.54, 1.807) is 29.4 Å². The molecule has 0 aliphatic carbocycles. The van der Waals surface area contributed by atoms with Crippen LogP contribution in [0.1, 0.15) is 10.4 Å². The highest BCUT2D eigenvalue weighted by Crippen LogP contribution is 2.23. The lowest BCUT2D eigenvalue weighted by molar-refractivity contribution is -0.125. The Morgan fingerprint density at radius 1 is 1.30 bits per heavy atom. The summed E-state index contributed by atoms with van der Waals surface area (Å²) in [5.41, 5.74) is 1.05. The molecule has 0 spiro atoms. The smallest absolute Gasteiger partial charge is 0.246 e. The van der Waals surface area contributed by atoms with E-state index in [9.17, 15) is 4.79 Å². The number of nitrogens with zero attached hydrogens (tertiary/aromatic N) is 1. The second kappa shape index (κ2) is 7.07. The number of carbonyl (C=O) groups is 1. The molecule has 0 N–H and O–H groups in total. The molecule has 2 rings (SSSR count). The number of thiophene rings is 1. The summed E-state index contributed by atoms with van der Waals surface area (Å²) < 4.78 is 1.05. The number of likely N-dealkylation sites (N-methyl/N-ethyl adjacent to an activating group) is 1. The normalized spacial score (nSPS) is 10.9. The zero-order valence-electron chi connectivity index (χ0n) is 10.8. The van der Waals surface area contributed by atoms with Crippen molar-refractivity contribution in [3.63, 3.8) is 0 Å². The minimum absolute atomic E-state index is 0.0236. The van der Waals surface area contributed by atoms with E-state index in [2.05, 4.69) is 15.9 Å². The number of benzene rings is 1. The topological polar surface area (TPSA) is 20.3 Å². The predicted octanol–water partition coefficient (Wildman–Crippen LogP) is 4.84. The number of carbonyl (C=O) groups excluding carboxylic acids is 1. The summed E-state index contributed by atoms with van der Waals surface area (Å²) in [4.78, 5) is 14.7. The zero-order chi connectivity index (χ0) is 14.5. The molecule has 0 unspecified atom stereocenters. The van der Waals surface area contributed by atoms with E-state index in [-0.39, 0.29) is 5.91 Å². The second-order valence-corrected chi connectivity index (χ2v) is 7.23. The Bertz CT molecular complexity index is 621. The highest BCUT2D eigenvalue weighted by molar-refractivity contribution is 9.11. The number of hydrogen-bond donors (Lipinski definition) is 0. The van der Waals surface area contributed by atoms with Gasteiger partial charge in [0.25, 0.3) is 0 Å². The lowest BCUT2D eigenvalue weighted by atomic mass is 10.2. The van der Waals surface area contributed by atoms with Crippen LogP contribution in [0.15, 0.2) is 46.3 Å². The molecule has 104 valence electrons. The molecule has 1 aromatic carbocycles. The summed E-state index contributed by atoms with van der Waals surface area (Å²) in [6, 6.07) is 11.4. The van der Waals surface area contributed by atoms with Crippen molar-refractivity contribution in [2.24, 2.45) is 0 Å². The van der Waals surface area contributed by atoms with E-state index in [1.165, 1.54) is 0 Å². The first-order valence-corrected chi connectivity index (χ1v) is 7.96. The number of amides is 1. The minimum atomic E-state index is -0.0236. The average molecular weight is 371 g/mol. The van der Waals surface area contributed by atoms with E-state index in [1.807, 2.05) is 42.5 Å². The molecule has 0 aliphatic rings. The zero-order valence-corrected chi connectivity index (χ0v) is 14.0. The van der Waals surface area contributed by atoms with Gasteiger partial charge in [-0.15, -0.1) is 11.3 Å². The lowest BCUT2D eigenvalue weighted by Gasteiger charge is -2.15. The van der Waals surface area contributed by atoms with Gasteiger partial charge >= 0.3 is 0 Å². The molecule has 0 bridgehead atoms. The third-order valence-corrected chi connectivity index (χ3v) is 4.53. The summed E-state index contributed by atoms with van der Waals surface area (Å²) >= 11 is 10.8. The molecule has 0 fully saturated rings. The largest absolute Gasteiger partial charge is 0.338 e. The van der Waals surface area contributed by atoms with Gasteiger partial charge in [-0.25, -0.2) is 0 Å². The first-order chi connectivity index (χ1) is 9.54. The Balaban J connectivity index is 1.95. The quantitative estimate of drug-likeness (QED) is 0.705. The van der Waals surface area contributed by atoms with Crippen molar-refractivity contribution in [2.45, 2.75) is 6.54 Å². The van der Waals surface area contributed by atoms with Crippen LogP contribution in [0.5, 0.6) is 0 Å². The van der Waals surface area contributed by atoms with Crippen LogP contribution in [-0.4, -0.2) is 17.9 Å². The first kappa shape index (κ1) is 15.3. The Kier molecular flexibility index (Phi) is 5.40. The van der Waals surface area contributed by atoms with Gasteiger partial charge in [-0.2, -0.15) is 0 Å². The standard InChI is InChI=1S/C15H13BrClNOS/c1-18(10-11-2-4-12(17)5-3-11)15(19)9-7-13-6-8-14(16)20-13/h2-9H,10H2,1H3. The summed E-state index contributed by atoms with van der Waals surface area (Å²) in [5, 5.41) is 0.700. The molecule has 2 aromatic rings. The van der Waals surface area contributed by atoms with Gasteiger partial charge in [0, 0.05) is 29.6 Å². The summed E-state index contributed by atoms with van der Waals surface area (Å²) in [6.07, 6.45) is 3.42. The summed E-state index contributed by atoms with van der Waals surface area (Å²) in [6.45, 7) is 0.564. The van der Waals surface area contributed by atoms with Crippen LogP contribution < -0.4 is 0 Å². The molecule has 5 heteroatoms. The Morgan fingerprint density at radius 2 is 2.00 bits per heavy atom. The van der Waals surface area contributed by atoms with Crippen molar-refractivity contribution in [1.82, 2.24) is 4.90 Å². The number of rotatable bonds is 4. The van der Waals surface area contributed by atoms with Crippen LogP contribution in [0.4, 0.5) is 0 Å². The van der Waals surface area contributed by atoms with Gasteiger partial charge in [-0.3, -0.25) is 4.79 Å². The third kappa shape index (κ3) is 4.47. The van der Waals surface area contributed by atoms with E-state index >= 15 is 0 Å². The highest BCUT2D eigenvalue weighted by Gasteiger charge is 2.06. The van der Waals surface area contributed by atoms with Crippen molar-refractivity contribution < 1.29 is 4.79 Å². The van der Waals surface area contributed by atoms with Gasteiger partial charge in [-0.1, -0.05) is 23.7 Å². The van der Waals surface area contributed by atoms with Gasteiger partial charge in [0.15, 0.2) is 0 Å². The molecule has 0 atom stereocenters. The minimum Gasteiger partial charge on any atom is -0.338 e. The third-order valence-electron chi connectivity index (χ3n) is 2.69. The van der Waals surface area contributed by atoms with Crippen molar-refractivity contribution >= 4 is 50.9 Å². The average Bonchev–Trinajstić information content (AvgIpc) is 2.84. The number of halogens is 2. The van der Waals surface area contributed by atoms with Crippen LogP contribution in [0, 0.1) is 0 Å². The van der Waals surface area contributed by atoms with E-state index in [4.69, 9.17) is 11.6 Å². The second-order valence-electron chi connectivity index (χ2n) is 4.30. The molecular weight excluding hydrogens is 358 g/mol. The van der Waals surface area contributed by atoms with Crippen molar-refractivity contribution in [3.05, 3.63) is 61.7 Å². The molecule has 0 aliphatic heterocycles. The fourth-order valence-electron chi connectivity index (χ4n) is 1.64. The fraction of sp³-hybridized carbons (Fsp3) is 0.133. The SMILES string of the molecule is CN(Cc1ccc(Cl)cc1)C(=O)C=Cc1ccc(Br)s1. The van der Waals surface area contributed by atoms with Gasteiger partial charge in [0.2, 0.25) is 5.91 Å². The van der Waals surface area contributed by atoms with Gasteiger partial charge in [-0.05, 0) is 51.8 Å².